The highest BCUT2D eigenvalue weighted by Gasteiger charge is 2.32. The van der Waals surface area contributed by atoms with E-state index in [9.17, 15) is 9.59 Å². The van der Waals surface area contributed by atoms with E-state index in [1.54, 1.807) is 41.9 Å². The molecule has 1 aliphatic heterocycles. The number of hydrogen-bond acceptors (Lipinski definition) is 7. The first-order valence-corrected chi connectivity index (χ1v) is 10.5. The van der Waals surface area contributed by atoms with Gasteiger partial charge in [0.15, 0.2) is 0 Å². The smallest absolute Gasteiger partial charge is 0.266 e. The number of rotatable bonds is 5. The number of carbonyl (C=O) groups is 2. The highest BCUT2D eigenvalue weighted by Crippen LogP contribution is 2.33. The van der Waals surface area contributed by atoms with Gasteiger partial charge in [-0.2, -0.15) is 0 Å². The van der Waals surface area contributed by atoms with Gasteiger partial charge >= 0.3 is 0 Å². The van der Waals surface area contributed by atoms with Crippen LogP contribution in [0, 0.1) is 0 Å². The van der Waals surface area contributed by atoms with Gasteiger partial charge in [-0.25, -0.2) is 0 Å². The maximum Gasteiger partial charge on any atom is 0.266 e. The standard InChI is InChI=1S/C19H14N4O2S3/c24-17(22-12-3-4-14-15(10-12)21-7-6-20-14)5-8-23-18(25)16(28-19(23)26)11-13-2-1-9-27-13/h1-4,6-7,9-11H,5,8H2,(H,22,24)/b16-11+. The number of nitrogens with one attached hydrogen (secondary N) is 1. The summed E-state index contributed by atoms with van der Waals surface area (Å²) in [7, 11) is 0. The summed E-state index contributed by atoms with van der Waals surface area (Å²) in [4.78, 5) is 36.4. The van der Waals surface area contributed by atoms with E-state index < -0.39 is 0 Å². The summed E-state index contributed by atoms with van der Waals surface area (Å²) in [5, 5.41) is 4.78. The summed E-state index contributed by atoms with van der Waals surface area (Å²) in [6.07, 6.45) is 5.21. The molecular formula is C19H14N4O2S3. The molecule has 0 saturated carbocycles. The molecule has 1 aromatic carbocycles. The summed E-state index contributed by atoms with van der Waals surface area (Å²) in [6.45, 7) is 0.242. The summed E-state index contributed by atoms with van der Waals surface area (Å²) in [5.41, 5.74) is 2.10. The van der Waals surface area contributed by atoms with Crippen molar-refractivity contribution in [1.29, 1.82) is 0 Å². The number of aromatic nitrogens is 2. The molecule has 6 nitrogen and oxygen atoms in total. The van der Waals surface area contributed by atoms with Crippen LogP contribution in [-0.2, 0) is 9.59 Å². The molecule has 0 spiro atoms. The van der Waals surface area contributed by atoms with Gasteiger partial charge in [-0.15, -0.1) is 11.3 Å². The van der Waals surface area contributed by atoms with Crippen LogP contribution in [0.3, 0.4) is 0 Å². The Balaban J connectivity index is 1.37. The number of thiocarbonyl (C=S) groups is 1. The molecule has 0 unspecified atom stereocenters. The molecule has 4 rings (SSSR count). The number of carbonyl (C=O) groups excluding carboxylic acids is 2. The van der Waals surface area contributed by atoms with Crippen molar-refractivity contribution in [2.45, 2.75) is 6.42 Å². The van der Waals surface area contributed by atoms with E-state index in [1.165, 1.54) is 16.7 Å². The third-order valence-electron chi connectivity index (χ3n) is 4.01. The van der Waals surface area contributed by atoms with Crippen LogP contribution in [0.15, 0.2) is 53.0 Å². The minimum atomic E-state index is -0.195. The molecule has 1 fully saturated rings. The van der Waals surface area contributed by atoms with Gasteiger partial charge in [0.1, 0.15) is 4.32 Å². The van der Waals surface area contributed by atoms with Crippen molar-refractivity contribution >= 4 is 74.2 Å². The molecule has 2 aromatic heterocycles. The first kappa shape index (κ1) is 18.7. The van der Waals surface area contributed by atoms with Gasteiger partial charge in [0.05, 0.1) is 15.9 Å². The highest BCUT2D eigenvalue weighted by atomic mass is 32.2. The SMILES string of the molecule is O=C(CCN1C(=O)/C(=C\c2cccs2)SC1=S)Nc1ccc2nccnc2c1. The lowest BCUT2D eigenvalue weighted by molar-refractivity contribution is -0.122. The second-order valence-electron chi connectivity index (χ2n) is 5.91. The minimum absolute atomic E-state index is 0.150. The van der Waals surface area contributed by atoms with Crippen molar-refractivity contribution < 1.29 is 9.59 Å². The Hall–Kier alpha value is -2.62. The van der Waals surface area contributed by atoms with Crippen LogP contribution in [0.4, 0.5) is 5.69 Å². The van der Waals surface area contributed by atoms with Crippen molar-refractivity contribution in [3.05, 3.63) is 57.9 Å². The van der Waals surface area contributed by atoms with E-state index in [-0.39, 0.29) is 24.8 Å². The Bertz CT molecular complexity index is 1100. The zero-order valence-electron chi connectivity index (χ0n) is 14.5. The largest absolute Gasteiger partial charge is 0.326 e. The Morgan fingerprint density at radius 2 is 2.04 bits per heavy atom. The molecule has 9 heteroatoms. The van der Waals surface area contributed by atoms with Gasteiger partial charge in [0.2, 0.25) is 5.91 Å². The molecule has 0 bridgehead atoms. The monoisotopic (exact) mass is 426 g/mol. The second kappa shape index (κ2) is 8.17. The van der Waals surface area contributed by atoms with Gasteiger partial charge in [-0.1, -0.05) is 30.0 Å². The molecule has 1 saturated heterocycles. The summed E-state index contributed by atoms with van der Waals surface area (Å²) in [6, 6.07) is 9.22. The van der Waals surface area contributed by atoms with Crippen LogP contribution < -0.4 is 5.32 Å². The van der Waals surface area contributed by atoms with E-state index in [2.05, 4.69) is 15.3 Å². The molecule has 0 atom stereocenters. The molecule has 2 amide bonds. The van der Waals surface area contributed by atoms with E-state index in [1.807, 2.05) is 23.6 Å². The normalized spacial score (nSPS) is 15.6. The van der Waals surface area contributed by atoms with Gasteiger partial charge in [0, 0.05) is 35.9 Å². The summed E-state index contributed by atoms with van der Waals surface area (Å²) < 4.78 is 0.474. The van der Waals surface area contributed by atoms with Gasteiger partial charge in [-0.05, 0) is 35.7 Å². The van der Waals surface area contributed by atoms with Crippen LogP contribution in [0.25, 0.3) is 17.1 Å². The fraction of sp³-hybridized carbons (Fsp3) is 0.105. The number of nitrogens with zero attached hydrogens (tertiary/aromatic N) is 3. The predicted octanol–water partition coefficient (Wildman–Crippen LogP) is 3.92. The summed E-state index contributed by atoms with van der Waals surface area (Å²) in [5.74, 6) is -0.350. The Morgan fingerprint density at radius 1 is 1.21 bits per heavy atom. The fourth-order valence-corrected chi connectivity index (χ4v) is 4.70. The quantitative estimate of drug-likeness (QED) is 0.492. The lowest BCUT2D eigenvalue weighted by atomic mass is 10.2. The predicted molar refractivity (Wildman–Crippen MR) is 117 cm³/mol. The highest BCUT2D eigenvalue weighted by molar-refractivity contribution is 8.26. The molecule has 28 heavy (non-hydrogen) atoms. The van der Waals surface area contributed by atoms with Crippen LogP contribution >= 0.6 is 35.3 Å². The van der Waals surface area contributed by atoms with Crippen molar-refractivity contribution in [1.82, 2.24) is 14.9 Å². The Labute approximate surface area is 174 Å². The fourth-order valence-electron chi connectivity index (χ4n) is 2.67. The lowest BCUT2D eigenvalue weighted by Gasteiger charge is -2.14. The Kier molecular flexibility index (Phi) is 5.47. The third kappa shape index (κ3) is 4.11. The average Bonchev–Trinajstić information content (AvgIpc) is 3.29. The minimum Gasteiger partial charge on any atom is -0.326 e. The van der Waals surface area contributed by atoms with E-state index in [0.717, 1.165) is 10.4 Å². The molecule has 1 N–H and O–H groups in total. The summed E-state index contributed by atoms with van der Waals surface area (Å²) >= 11 is 8.13. The zero-order valence-corrected chi connectivity index (χ0v) is 16.9. The van der Waals surface area contributed by atoms with Crippen LogP contribution in [0.1, 0.15) is 11.3 Å². The number of thiophene rings is 1. The topological polar surface area (TPSA) is 75.2 Å². The first-order chi connectivity index (χ1) is 13.6. The van der Waals surface area contributed by atoms with Crippen molar-refractivity contribution in [2.24, 2.45) is 0 Å². The van der Waals surface area contributed by atoms with Crippen molar-refractivity contribution in [3.8, 4) is 0 Å². The molecule has 3 heterocycles. The number of fused-ring (bicyclic) bond motifs is 1. The lowest BCUT2D eigenvalue weighted by Crippen LogP contribution is -2.31. The zero-order chi connectivity index (χ0) is 19.5. The van der Waals surface area contributed by atoms with Gasteiger partial charge in [-0.3, -0.25) is 24.5 Å². The molecule has 140 valence electrons. The van der Waals surface area contributed by atoms with Gasteiger partial charge in [0.25, 0.3) is 5.91 Å². The number of hydrogen-bond donors (Lipinski definition) is 1. The molecule has 3 aromatic rings. The number of thioether (sulfide) groups is 1. The molecule has 1 aliphatic rings. The van der Waals surface area contributed by atoms with Crippen molar-refractivity contribution in [3.63, 3.8) is 0 Å². The second-order valence-corrected chi connectivity index (χ2v) is 8.56. The van der Waals surface area contributed by atoms with E-state index in [0.29, 0.717) is 20.4 Å². The van der Waals surface area contributed by atoms with Crippen molar-refractivity contribution in [2.75, 3.05) is 11.9 Å². The maximum absolute atomic E-state index is 12.6. The number of anilines is 1. The van der Waals surface area contributed by atoms with E-state index in [4.69, 9.17) is 12.2 Å². The van der Waals surface area contributed by atoms with Crippen LogP contribution in [-0.4, -0.2) is 37.5 Å². The third-order valence-corrected chi connectivity index (χ3v) is 6.20. The van der Waals surface area contributed by atoms with Crippen LogP contribution in [0.2, 0.25) is 0 Å². The maximum atomic E-state index is 12.6. The average molecular weight is 427 g/mol. The number of amides is 2. The van der Waals surface area contributed by atoms with E-state index >= 15 is 0 Å². The van der Waals surface area contributed by atoms with Crippen LogP contribution in [0.5, 0.6) is 0 Å². The Morgan fingerprint density at radius 3 is 2.82 bits per heavy atom. The van der Waals surface area contributed by atoms with Gasteiger partial charge < -0.3 is 5.32 Å². The molecule has 0 aliphatic carbocycles. The first-order valence-electron chi connectivity index (χ1n) is 8.40. The molecular weight excluding hydrogens is 412 g/mol. The number of benzene rings is 1. The molecule has 0 radical (unpaired) electrons.